The maximum Gasteiger partial charge on any atom is 0.244 e. The van der Waals surface area contributed by atoms with Gasteiger partial charge in [0.1, 0.15) is 22.1 Å². The summed E-state index contributed by atoms with van der Waals surface area (Å²) in [6.45, 7) is 2.34. The molecule has 154 valence electrons. The molecule has 0 amide bonds. The number of aromatic nitrogens is 4. The van der Waals surface area contributed by atoms with Crippen molar-refractivity contribution in [3.63, 3.8) is 0 Å². The number of rotatable bonds is 9. The average molecular weight is 419 g/mol. The van der Waals surface area contributed by atoms with Gasteiger partial charge in [-0.2, -0.15) is 4.68 Å². The second-order valence-corrected chi connectivity index (χ2v) is 7.51. The van der Waals surface area contributed by atoms with Gasteiger partial charge in [0.05, 0.1) is 33.1 Å². The van der Waals surface area contributed by atoms with Crippen molar-refractivity contribution >= 4 is 10.0 Å². The quantitative estimate of drug-likeness (QED) is 0.555. The summed E-state index contributed by atoms with van der Waals surface area (Å²) in [4.78, 5) is -0.0422. The summed E-state index contributed by atoms with van der Waals surface area (Å²) in [5, 5.41) is 11.5. The molecule has 0 radical (unpaired) electrons. The second-order valence-electron chi connectivity index (χ2n) is 5.78. The van der Waals surface area contributed by atoms with E-state index in [1.54, 1.807) is 30.3 Å². The summed E-state index contributed by atoms with van der Waals surface area (Å²) in [6, 6.07) is 11.7. The minimum absolute atomic E-state index is 0.0422. The van der Waals surface area contributed by atoms with E-state index in [1.807, 2.05) is 6.92 Å². The fraction of sp³-hybridized carbons (Fsp3) is 0.278. The van der Waals surface area contributed by atoms with Crippen molar-refractivity contribution < 1.29 is 22.6 Å². The van der Waals surface area contributed by atoms with Crippen LogP contribution in [0.5, 0.6) is 17.2 Å². The molecule has 2 aromatic carbocycles. The number of hydrogen-bond donors (Lipinski definition) is 1. The van der Waals surface area contributed by atoms with Crippen molar-refractivity contribution in [2.75, 3.05) is 20.8 Å². The third kappa shape index (κ3) is 4.63. The number of tetrazole rings is 1. The predicted molar refractivity (Wildman–Crippen MR) is 104 cm³/mol. The van der Waals surface area contributed by atoms with Crippen LogP contribution in [0.15, 0.2) is 47.4 Å². The SMILES string of the molecule is CCOc1ccc(-n2nnnc2CNS(=O)(=O)c2cc(OC)ccc2OC)cc1. The maximum absolute atomic E-state index is 12.8. The Hall–Kier alpha value is -3.18. The van der Waals surface area contributed by atoms with Gasteiger partial charge in [0, 0.05) is 6.07 Å². The van der Waals surface area contributed by atoms with E-state index in [4.69, 9.17) is 14.2 Å². The Morgan fingerprint density at radius 3 is 2.41 bits per heavy atom. The van der Waals surface area contributed by atoms with E-state index in [1.165, 1.54) is 31.0 Å². The van der Waals surface area contributed by atoms with Crippen LogP contribution in [0.4, 0.5) is 0 Å². The van der Waals surface area contributed by atoms with Crippen LogP contribution in [0.2, 0.25) is 0 Å². The predicted octanol–water partition coefficient (Wildman–Crippen LogP) is 1.56. The van der Waals surface area contributed by atoms with E-state index in [0.29, 0.717) is 23.9 Å². The first kappa shape index (κ1) is 20.6. The first-order valence-electron chi connectivity index (χ1n) is 8.70. The van der Waals surface area contributed by atoms with Gasteiger partial charge in [-0.1, -0.05) is 0 Å². The van der Waals surface area contributed by atoms with Gasteiger partial charge in [-0.3, -0.25) is 0 Å². The van der Waals surface area contributed by atoms with Crippen LogP contribution in [-0.2, 0) is 16.6 Å². The lowest BCUT2D eigenvalue weighted by molar-refractivity contribution is 0.340. The van der Waals surface area contributed by atoms with E-state index in [0.717, 1.165) is 5.75 Å². The number of hydrogen-bond acceptors (Lipinski definition) is 8. The summed E-state index contributed by atoms with van der Waals surface area (Å²) in [6.07, 6.45) is 0. The molecule has 0 aliphatic heterocycles. The van der Waals surface area contributed by atoms with Crippen molar-refractivity contribution in [2.24, 2.45) is 0 Å². The molecule has 0 atom stereocenters. The van der Waals surface area contributed by atoms with Crippen LogP contribution in [0.1, 0.15) is 12.7 Å². The molecular formula is C18H21N5O5S. The molecule has 3 aromatic rings. The molecule has 0 aliphatic rings. The molecular weight excluding hydrogens is 398 g/mol. The Balaban J connectivity index is 1.81. The zero-order valence-corrected chi connectivity index (χ0v) is 17.0. The highest BCUT2D eigenvalue weighted by molar-refractivity contribution is 7.89. The zero-order chi connectivity index (χ0) is 20.9. The number of nitrogens with one attached hydrogen (secondary N) is 1. The van der Waals surface area contributed by atoms with Gasteiger partial charge in [0.15, 0.2) is 5.82 Å². The third-order valence-electron chi connectivity index (χ3n) is 4.01. The summed E-state index contributed by atoms with van der Waals surface area (Å²) >= 11 is 0. The van der Waals surface area contributed by atoms with Crippen molar-refractivity contribution in [3.05, 3.63) is 48.3 Å². The van der Waals surface area contributed by atoms with Crippen LogP contribution in [-0.4, -0.2) is 49.5 Å². The molecule has 0 bridgehead atoms. The Morgan fingerprint density at radius 2 is 1.76 bits per heavy atom. The molecule has 11 heteroatoms. The first-order valence-corrected chi connectivity index (χ1v) is 10.2. The number of benzene rings is 2. The van der Waals surface area contributed by atoms with Gasteiger partial charge < -0.3 is 14.2 Å². The largest absolute Gasteiger partial charge is 0.497 e. The highest BCUT2D eigenvalue weighted by Gasteiger charge is 2.22. The Morgan fingerprint density at radius 1 is 1.03 bits per heavy atom. The number of methoxy groups -OCH3 is 2. The smallest absolute Gasteiger partial charge is 0.244 e. The summed E-state index contributed by atoms with van der Waals surface area (Å²) in [5.74, 6) is 1.63. The minimum atomic E-state index is -3.91. The highest BCUT2D eigenvalue weighted by Crippen LogP contribution is 2.28. The molecule has 0 saturated heterocycles. The molecule has 1 aromatic heterocycles. The average Bonchev–Trinajstić information content (AvgIpc) is 3.21. The highest BCUT2D eigenvalue weighted by atomic mass is 32.2. The molecule has 0 unspecified atom stereocenters. The Kier molecular flexibility index (Phi) is 6.29. The fourth-order valence-electron chi connectivity index (χ4n) is 2.60. The lowest BCUT2D eigenvalue weighted by Crippen LogP contribution is -2.25. The topological polar surface area (TPSA) is 117 Å². The van der Waals surface area contributed by atoms with E-state index in [-0.39, 0.29) is 17.2 Å². The molecule has 29 heavy (non-hydrogen) atoms. The lowest BCUT2D eigenvalue weighted by atomic mass is 10.3. The number of nitrogens with zero attached hydrogens (tertiary/aromatic N) is 4. The monoisotopic (exact) mass is 419 g/mol. The standard InChI is InChI=1S/C18H21N5O5S/c1-4-28-14-7-5-13(6-8-14)23-18(20-21-22-23)12-19-29(24,25)17-11-15(26-2)9-10-16(17)27-3/h5-11,19H,4,12H2,1-3H3. The lowest BCUT2D eigenvalue weighted by Gasteiger charge is -2.12. The van der Waals surface area contributed by atoms with Gasteiger partial charge in [-0.15, -0.1) is 5.10 Å². The summed E-state index contributed by atoms with van der Waals surface area (Å²) in [5.41, 5.74) is 0.673. The van der Waals surface area contributed by atoms with Gasteiger partial charge >= 0.3 is 0 Å². The fourth-order valence-corrected chi connectivity index (χ4v) is 3.76. The van der Waals surface area contributed by atoms with Crippen LogP contribution in [0.25, 0.3) is 5.69 Å². The minimum Gasteiger partial charge on any atom is -0.497 e. The van der Waals surface area contributed by atoms with Gasteiger partial charge in [0.25, 0.3) is 0 Å². The zero-order valence-electron chi connectivity index (χ0n) is 16.2. The molecule has 0 fully saturated rings. The third-order valence-corrected chi connectivity index (χ3v) is 5.43. The van der Waals surface area contributed by atoms with Crippen LogP contribution in [0.3, 0.4) is 0 Å². The molecule has 0 saturated carbocycles. The van der Waals surface area contributed by atoms with Crippen LogP contribution >= 0.6 is 0 Å². The van der Waals surface area contributed by atoms with Crippen LogP contribution in [0, 0.1) is 0 Å². The van der Waals surface area contributed by atoms with Gasteiger partial charge in [0.2, 0.25) is 10.0 Å². The first-order chi connectivity index (χ1) is 14.0. The molecule has 0 spiro atoms. The van der Waals surface area contributed by atoms with E-state index < -0.39 is 10.0 Å². The molecule has 3 rings (SSSR count). The molecule has 10 nitrogen and oxygen atoms in total. The maximum atomic E-state index is 12.8. The molecule has 0 aliphatic carbocycles. The van der Waals surface area contributed by atoms with E-state index in [9.17, 15) is 8.42 Å². The van der Waals surface area contributed by atoms with Crippen molar-refractivity contribution in [1.29, 1.82) is 0 Å². The summed E-state index contributed by atoms with van der Waals surface area (Å²) in [7, 11) is -1.06. The summed E-state index contributed by atoms with van der Waals surface area (Å²) < 4.78 is 45.2. The molecule has 1 N–H and O–H groups in total. The van der Waals surface area contributed by atoms with Crippen molar-refractivity contribution in [1.82, 2.24) is 24.9 Å². The number of sulfonamides is 1. The van der Waals surface area contributed by atoms with Gasteiger partial charge in [-0.05, 0) is 53.7 Å². The van der Waals surface area contributed by atoms with E-state index >= 15 is 0 Å². The Labute approximate surface area is 168 Å². The van der Waals surface area contributed by atoms with E-state index in [2.05, 4.69) is 20.2 Å². The van der Waals surface area contributed by atoms with Gasteiger partial charge in [-0.25, -0.2) is 13.1 Å². The Bertz CT molecular complexity index is 1070. The number of ether oxygens (including phenoxy) is 3. The van der Waals surface area contributed by atoms with Crippen molar-refractivity contribution in [2.45, 2.75) is 18.4 Å². The second kappa shape index (κ2) is 8.88. The van der Waals surface area contributed by atoms with Crippen LogP contribution < -0.4 is 18.9 Å². The molecule has 1 heterocycles. The van der Waals surface area contributed by atoms with Crippen molar-refractivity contribution in [3.8, 4) is 22.9 Å². The normalized spacial score (nSPS) is 11.3.